The fraction of sp³-hybridized carbons (Fsp3) is 0.179. The molecule has 0 bridgehead atoms. The van der Waals surface area contributed by atoms with Crippen LogP contribution in [0.3, 0.4) is 0 Å². The fourth-order valence-corrected chi connectivity index (χ4v) is 5.40. The average molecular weight is 508 g/mol. The van der Waals surface area contributed by atoms with Gasteiger partial charge in [-0.05, 0) is 91.2 Å². The van der Waals surface area contributed by atoms with Gasteiger partial charge in [-0.3, -0.25) is 0 Å². The number of pyridine rings is 1. The number of aryl methyl sites for hydroxylation is 1. The lowest BCUT2D eigenvalue weighted by Crippen LogP contribution is -2.03. The minimum atomic E-state index is 0.479. The van der Waals surface area contributed by atoms with Crippen LogP contribution in [0.1, 0.15) is 23.1 Å². The van der Waals surface area contributed by atoms with E-state index in [4.69, 9.17) is 4.74 Å². The Morgan fingerprint density at radius 2 is 1.81 bits per heavy atom. The predicted octanol–water partition coefficient (Wildman–Crippen LogP) is 6.43. The second-order valence-electron chi connectivity index (χ2n) is 8.82. The van der Waals surface area contributed by atoms with Crippen molar-refractivity contribution in [1.29, 1.82) is 0 Å². The Morgan fingerprint density at radius 1 is 0.946 bits per heavy atom. The Morgan fingerprint density at radius 3 is 2.62 bits per heavy atom. The maximum atomic E-state index is 6.14. The van der Waals surface area contributed by atoms with Crippen LogP contribution in [0.4, 0.5) is 17.5 Å². The number of aromatic nitrogens is 5. The Hall–Kier alpha value is -4.37. The second kappa shape index (κ2) is 9.94. The number of nitrogens with zero attached hydrogens (tertiary/aromatic N) is 5. The summed E-state index contributed by atoms with van der Waals surface area (Å²) in [5, 5.41) is 17.8. The summed E-state index contributed by atoms with van der Waals surface area (Å²) in [4.78, 5) is 14.3. The number of hydrogen-bond acceptors (Lipinski definition) is 9. The van der Waals surface area contributed by atoms with Gasteiger partial charge in [-0.1, -0.05) is 0 Å². The van der Waals surface area contributed by atoms with E-state index < -0.39 is 0 Å². The summed E-state index contributed by atoms with van der Waals surface area (Å²) in [7, 11) is 1.79. The van der Waals surface area contributed by atoms with Gasteiger partial charge in [-0.2, -0.15) is 0 Å². The molecule has 0 radical (unpaired) electrons. The monoisotopic (exact) mass is 507 g/mol. The van der Waals surface area contributed by atoms with E-state index in [1.54, 1.807) is 30.8 Å². The summed E-state index contributed by atoms with van der Waals surface area (Å²) in [6.07, 6.45) is 6.57. The molecule has 37 heavy (non-hydrogen) atoms. The van der Waals surface area contributed by atoms with Gasteiger partial charge in [0.05, 0.1) is 16.1 Å². The van der Waals surface area contributed by atoms with Crippen LogP contribution in [0.25, 0.3) is 21.8 Å². The molecular formula is C28H25N7OS. The number of nitrogens with one attached hydrogen (secondary N) is 2. The smallest absolute Gasteiger partial charge is 0.228 e. The highest BCUT2D eigenvalue weighted by atomic mass is 32.1. The van der Waals surface area contributed by atoms with E-state index >= 15 is 0 Å². The van der Waals surface area contributed by atoms with Crippen molar-refractivity contribution in [3.05, 3.63) is 83.0 Å². The lowest BCUT2D eigenvalue weighted by Gasteiger charge is -2.13. The van der Waals surface area contributed by atoms with Crippen LogP contribution in [0.5, 0.6) is 11.6 Å². The summed E-state index contributed by atoms with van der Waals surface area (Å²) in [6.45, 7) is 2.11. The molecule has 8 nitrogen and oxygen atoms in total. The van der Waals surface area contributed by atoms with Crippen molar-refractivity contribution in [3.63, 3.8) is 0 Å². The molecular weight excluding hydrogens is 482 g/mol. The zero-order chi connectivity index (χ0) is 25.2. The number of benzene rings is 1. The molecule has 0 spiro atoms. The van der Waals surface area contributed by atoms with E-state index in [9.17, 15) is 0 Å². The zero-order valence-corrected chi connectivity index (χ0v) is 21.3. The van der Waals surface area contributed by atoms with Gasteiger partial charge in [-0.25, -0.2) is 15.0 Å². The third-order valence-electron chi connectivity index (χ3n) is 6.26. The summed E-state index contributed by atoms with van der Waals surface area (Å²) in [5.41, 5.74) is 7.30. The van der Waals surface area contributed by atoms with Gasteiger partial charge in [0, 0.05) is 30.7 Å². The number of rotatable bonds is 7. The number of ether oxygens (including phenoxy) is 1. The Kier molecular flexibility index (Phi) is 6.20. The molecule has 0 unspecified atom stereocenters. The highest BCUT2D eigenvalue weighted by Gasteiger charge is 2.23. The zero-order valence-electron chi connectivity index (χ0n) is 20.5. The number of fused-ring (bicyclic) bond motifs is 1. The quantitative estimate of drug-likeness (QED) is 0.260. The van der Waals surface area contributed by atoms with Gasteiger partial charge in [0.2, 0.25) is 11.8 Å². The van der Waals surface area contributed by atoms with Crippen molar-refractivity contribution in [2.45, 2.75) is 26.2 Å². The molecule has 0 fully saturated rings. The summed E-state index contributed by atoms with van der Waals surface area (Å²) >= 11 is 1.73. The fourth-order valence-electron chi connectivity index (χ4n) is 4.49. The molecule has 4 heterocycles. The van der Waals surface area contributed by atoms with E-state index in [0.717, 1.165) is 47.7 Å². The first kappa shape index (κ1) is 23.1. The van der Waals surface area contributed by atoms with E-state index in [2.05, 4.69) is 54.2 Å². The van der Waals surface area contributed by atoms with Gasteiger partial charge >= 0.3 is 0 Å². The van der Waals surface area contributed by atoms with Crippen LogP contribution >= 0.6 is 11.3 Å². The number of anilines is 3. The molecule has 6 rings (SSSR count). The SMILES string of the molecule is CNc1nccc(-c2cccnc2Oc2ccc(Nc3nnc(-c4cc(C)cs4)c4c3CCC4)cc2)n1. The van der Waals surface area contributed by atoms with Gasteiger partial charge in [0.15, 0.2) is 5.82 Å². The molecule has 4 aromatic heterocycles. The molecule has 9 heteroatoms. The first-order valence-electron chi connectivity index (χ1n) is 12.1. The highest BCUT2D eigenvalue weighted by Crippen LogP contribution is 2.37. The summed E-state index contributed by atoms with van der Waals surface area (Å²) in [6, 6.07) is 15.6. The van der Waals surface area contributed by atoms with Crippen LogP contribution in [0.2, 0.25) is 0 Å². The molecule has 0 aliphatic heterocycles. The molecule has 2 N–H and O–H groups in total. The topological polar surface area (TPSA) is 97.7 Å². The molecule has 184 valence electrons. The average Bonchev–Trinajstić information content (AvgIpc) is 3.60. The van der Waals surface area contributed by atoms with Crippen molar-refractivity contribution >= 4 is 28.8 Å². The van der Waals surface area contributed by atoms with Crippen molar-refractivity contribution in [1.82, 2.24) is 25.1 Å². The third kappa shape index (κ3) is 4.73. The second-order valence-corrected chi connectivity index (χ2v) is 9.73. The minimum absolute atomic E-state index is 0.479. The number of hydrogen-bond donors (Lipinski definition) is 2. The molecule has 0 saturated carbocycles. The van der Waals surface area contributed by atoms with Gasteiger partial charge in [0.25, 0.3) is 0 Å². The van der Waals surface area contributed by atoms with Crippen molar-refractivity contribution in [2.24, 2.45) is 0 Å². The number of thiophene rings is 1. The van der Waals surface area contributed by atoms with Gasteiger partial charge < -0.3 is 15.4 Å². The molecule has 0 atom stereocenters. The molecule has 0 amide bonds. The van der Waals surface area contributed by atoms with Crippen LogP contribution in [0, 0.1) is 6.92 Å². The molecule has 5 aromatic rings. The van der Waals surface area contributed by atoms with E-state index in [-0.39, 0.29) is 0 Å². The standard InChI is InChI=1S/C28H25N7OS/c1-17-15-24(37-16-17)25-20-5-3-6-21(20)26(35-34-25)32-18-8-10-19(11-9-18)36-27-22(7-4-13-30-27)23-12-14-31-28(29-2)33-23/h4,7-16H,3,5-6H2,1-2H3,(H,32,35)(H,29,31,33). The van der Waals surface area contributed by atoms with Crippen molar-refractivity contribution in [2.75, 3.05) is 17.7 Å². The lowest BCUT2D eigenvalue weighted by atomic mass is 10.1. The minimum Gasteiger partial charge on any atom is -0.438 e. The van der Waals surface area contributed by atoms with E-state index in [1.165, 1.54) is 21.6 Å². The molecule has 1 aliphatic rings. The third-order valence-corrected chi connectivity index (χ3v) is 7.32. The molecule has 0 saturated heterocycles. The first-order valence-corrected chi connectivity index (χ1v) is 13.0. The van der Waals surface area contributed by atoms with Gasteiger partial charge in [-0.15, -0.1) is 21.5 Å². The van der Waals surface area contributed by atoms with E-state index in [1.807, 2.05) is 42.5 Å². The van der Waals surface area contributed by atoms with Crippen LogP contribution in [-0.2, 0) is 12.8 Å². The van der Waals surface area contributed by atoms with Crippen LogP contribution in [0.15, 0.2) is 66.3 Å². The maximum absolute atomic E-state index is 6.14. The maximum Gasteiger partial charge on any atom is 0.228 e. The van der Waals surface area contributed by atoms with Gasteiger partial charge in [0.1, 0.15) is 11.4 Å². The van der Waals surface area contributed by atoms with Crippen LogP contribution in [-0.4, -0.2) is 32.2 Å². The normalized spacial score (nSPS) is 12.3. The Labute approximate surface area is 218 Å². The Bertz CT molecular complexity index is 1570. The largest absolute Gasteiger partial charge is 0.438 e. The van der Waals surface area contributed by atoms with E-state index in [0.29, 0.717) is 17.6 Å². The molecule has 1 aliphatic carbocycles. The van der Waals surface area contributed by atoms with Crippen molar-refractivity contribution < 1.29 is 4.74 Å². The predicted molar refractivity (Wildman–Crippen MR) is 147 cm³/mol. The molecule has 1 aromatic carbocycles. The summed E-state index contributed by atoms with van der Waals surface area (Å²) < 4.78 is 6.14. The Balaban J connectivity index is 1.22. The first-order chi connectivity index (χ1) is 18.2. The summed E-state index contributed by atoms with van der Waals surface area (Å²) in [5.74, 6) is 2.52. The lowest BCUT2D eigenvalue weighted by molar-refractivity contribution is 0.465. The van der Waals surface area contributed by atoms with Crippen molar-refractivity contribution in [3.8, 4) is 33.5 Å². The highest BCUT2D eigenvalue weighted by molar-refractivity contribution is 7.13. The van der Waals surface area contributed by atoms with Crippen LogP contribution < -0.4 is 15.4 Å².